The van der Waals surface area contributed by atoms with E-state index in [9.17, 15) is 0 Å². The Morgan fingerprint density at radius 2 is 2.29 bits per heavy atom. The number of benzene rings is 1. The monoisotopic (exact) mass is 254 g/mol. The number of hydrogen-bond acceptors (Lipinski definition) is 3. The zero-order valence-electron chi connectivity index (χ0n) is 7.57. The Bertz CT molecular complexity index is 360. The molecule has 0 aliphatic heterocycles. The van der Waals surface area contributed by atoms with Crippen LogP contribution in [0.4, 0.5) is 0 Å². The molecule has 0 saturated carbocycles. The van der Waals surface area contributed by atoms with E-state index in [0.29, 0.717) is 12.0 Å². The average Bonchev–Trinajstić information content (AvgIpc) is 2.17. The topological polar surface area (TPSA) is 70.0 Å². The Labute approximate surface area is 91.3 Å². The summed E-state index contributed by atoms with van der Waals surface area (Å²) in [5.41, 5.74) is 7.33. The molecule has 1 aromatic rings. The van der Waals surface area contributed by atoms with Crippen molar-refractivity contribution in [3.05, 3.63) is 33.8 Å². The van der Waals surface area contributed by atoms with Crippen LogP contribution in [0.15, 0.2) is 22.7 Å². The highest BCUT2D eigenvalue weighted by Crippen LogP contribution is 2.24. The van der Waals surface area contributed by atoms with Gasteiger partial charge in [0.25, 0.3) is 0 Å². The lowest BCUT2D eigenvalue weighted by Crippen LogP contribution is -2.12. The number of rotatable bonds is 3. The lowest BCUT2D eigenvalue weighted by Gasteiger charge is -2.12. The zero-order chi connectivity index (χ0) is 10.6. The predicted octanol–water partition coefficient (Wildman–Crippen LogP) is 1.70. The van der Waals surface area contributed by atoms with Gasteiger partial charge in [-0.25, -0.2) is 0 Å². The first kappa shape index (κ1) is 11.2. The molecule has 0 aromatic heterocycles. The Morgan fingerprint density at radius 3 is 2.79 bits per heavy atom. The number of halogens is 1. The maximum absolute atomic E-state index is 8.74. The molecule has 3 N–H and O–H groups in total. The molecule has 1 atom stereocenters. The van der Waals surface area contributed by atoms with Crippen LogP contribution in [0.2, 0.25) is 0 Å². The van der Waals surface area contributed by atoms with E-state index >= 15 is 0 Å². The largest absolute Gasteiger partial charge is 0.396 e. The molecule has 0 saturated heterocycles. The lowest BCUT2D eigenvalue weighted by atomic mass is 10.0. The molecule has 1 aromatic carbocycles. The van der Waals surface area contributed by atoms with Gasteiger partial charge in [-0.2, -0.15) is 5.26 Å². The Hall–Kier alpha value is -0.890. The highest BCUT2D eigenvalue weighted by molar-refractivity contribution is 9.10. The molecule has 4 heteroatoms. The molecule has 14 heavy (non-hydrogen) atoms. The molecule has 0 aliphatic rings. The molecule has 0 radical (unpaired) electrons. The molecule has 0 unspecified atom stereocenters. The SMILES string of the molecule is N#Cc1ccc([C@@H](N)CCO)c(Br)c1. The lowest BCUT2D eigenvalue weighted by molar-refractivity contribution is 0.276. The van der Waals surface area contributed by atoms with Gasteiger partial charge in [-0.3, -0.25) is 0 Å². The van der Waals surface area contributed by atoms with Crippen molar-refractivity contribution in [2.24, 2.45) is 5.73 Å². The van der Waals surface area contributed by atoms with Crippen LogP contribution in [0.1, 0.15) is 23.6 Å². The van der Waals surface area contributed by atoms with Gasteiger partial charge in [-0.15, -0.1) is 0 Å². The van der Waals surface area contributed by atoms with Crippen LogP contribution >= 0.6 is 15.9 Å². The van der Waals surface area contributed by atoms with Gasteiger partial charge >= 0.3 is 0 Å². The van der Waals surface area contributed by atoms with E-state index in [1.165, 1.54) is 0 Å². The number of hydrogen-bond donors (Lipinski definition) is 2. The summed E-state index contributed by atoms with van der Waals surface area (Å²) in [6.07, 6.45) is 0.518. The molecule has 0 heterocycles. The smallest absolute Gasteiger partial charge is 0.0992 e. The van der Waals surface area contributed by atoms with Gasteiger partial charge in [0, 0.05) is 17.1 Å². The van der Waals surface area contributed by atoms with E-state index in [0.717, 1.165) is 10.0 Å². The minimum Gasteiger partial charge on any atom is -0.396 e. The zero-order valence-corrected chi connectivity index (χ0v) is 9.16. The van der Waals surface area contributed by atoms with Gasteiger partial charge in [0.05, 0.1) is 11.6 Å². The Kier molecular flexibility index (Phi) is 4.08. The second-order valence-electron chi connectivity index (χ2n) is 2.97. The quantitative estimate of drug-likeness (QED) is 0.863. The fraction of sp³-hybridized carbons (Fsp3) is 0.300. The van der Waals surface area contributed by atoms with Crippen molar-refractivity contribution >= 4 is 15.9 Å². The molecule has 3 nitrogen and oxygen atoms in total. The number of aliphatic hydroxyl groups is 1. The average molecular weight is 255 g/mol. The first-order valence-electron chi connectivity index (χ1n) is 4.25. The van der Waals surface area contributed by atoms with Crippen molar-refractivity contribution in [1.29, 1.82) is 5.26 Å². The van der Waals surface area contributed by atoms with E-state index in [1.807, 2.05) is 12.1 Å². The van der Waals surface area contributed by atoms with Crippen molar-refractivity contribution in [3.8, 4) is 6.07 Å². The van der Waals surface area contributed by atoms with Crippen LogP contribution < -0.4 is 5.73 Å². The summed E-state index contributed by atoms with van der Waals surface area (Å²) in [6, 6.07) is 7.11. The Balaban J connectivity index is 2.95. The van der Waals surface area contributed by atoms with E-state index in [-0.39, 0.29) is 12.6 Å². The van der Waals surface area contributed by atoms with Crippen LogP contribution in [0.3, 0.4) is 0 Å². The molecule has 0 bridgehead atoms. The van der Waals surface area contributed by atoms with Crippen molar-refractivity contribution in [1.82, 2.24) is 0 Å². The maximum Gasteiger partial charge on any atom is 0.0992 e. The summed E-state index contributed by atoms with van der Waals surface area (Å²) >= 11 is 3.35. The number of nitriles is 1. The summed E-state index contributed by atoms with van der Waals surface area (Å²) in [4.78, 5) is 0. The highest BCUT2D eigenvalue weighted by atomic mass is 79.9. The third-order valence-corrected chi connectivity index (χ3v) is 2.66. The number of nitrogens with zero attached hydrogens (tertiary/aromatic N) is 1. The summed E-state index contributed by atoms with van der Waals surface area (Å²) in [5.74, 6) is 0. The summed E-state index contributed by atoms with van der Waals surface area (Å²) in [7, 11) is 0. The van der Waals surface area contributed by atoms with Gasteiger partial charge in [-0.05, 0) is 24.1 Å². The van der Waals surface area contributed by atoms with Crippen LogP contribution in [-0.4, -0.2) is 11.7 Å². The van der Waals surface area contributed by atoms with Gasteiger partial charge < -0.3 is 10.8 Å². The van der Waals surface area contributed by atoms with Crippen molar-refractivity contribution in [3.63, 3.8) is 0 Å². The van der Waals surface area contributed by atoms with Crippen molar-refractivity contribution in [2.45, 2.75) is 12.5 Å². The van der Waals surface area contributed by atoms with Crippen molar-refractivity contribution < 1.29 is 5.11 Å². The molecular weight excluding hydrogens is 244 g/mol. The molecule has 0 spiro atoms. The predicted molar refractivity (Wildman–Crippen MR) is 57.5 cm³/mol. The van der Waals surface area contributed by atoms with Crippen molar-refractivity contribution in [2.75, 3.05) is 6.61 Å². The molecule has 0 aliphatic carbocycles. The minimum absolute atomic E-state index is 0.0631. The molecular formula is C10H11BrN2O. The van der Waals surface area contributed by atoms with Crippen LogP contribution in [-0.2, 0) is 0 Å². The van der Waals surface area contributed by atoms with E-state index in [1.54, 1.807) is 12.1 Å². The molecule has 1 rings (SSSR count). The second-order valence-corrected chi connectivity index (χ2v) is 3.82. The fourth-order valence-corrected chi connectivity index (χ4v) is 1.86. The molecule has 0 amide bonds. The fourth-order valence-electron chi connectivity index (χ4n) is 1.19. The molecule has 0 fully saturated rings. The first-order chi connectivity index (χ1) is 6.69. The van der Waals surface area contributed by atoms with E-state index in [2.05, 4.69) is 15.9 Å². The third kappa shape index (κ3) is 2.55. The minimum atomic E-state index is -0.192. The van der Waals surface area contributed by atoms with Gasteiger partial charge in [0.2, 0.25) is 0 Å². The van der Waals surface area contributed by atoms with Gasteiger partial charge in [0.1, 0.15) is 0 Å². The second kappa shape index (κ2) is 5.11. The summed E-state index contributed by atoms with van der Waals surface area (Å²) in [5, 5.41) is 17.4. The summed E-state index contributed by atoms with van der Waals surface area (Å²) < 4.78 is 0.817. The van der Waals surface area contributed by atoms with Gasteiger partial charge in [0.15, 0.2) is 0 Å². The van der Waals surface area contributed by atoms with Crippen LogP contribution in [0, 0.1) is 11.3 Å². The number of nitrogens with two attached hydrogens (primary N) is 1. The van der Waals surface area contributed by atoms with Gasteiger partial charge in [-0.1, -0.05) is 22.0 Å². The normalized spacial score (nSPS) is 12.1. The number of aliphatic hydroxyl groups excluding tert-OH is 1. The summed E-state index contributed by atoms with van der Waals surface area (Å²) in [6.45, 7) is 0.0631. The van der Waals surface area contributed by atoms with E-state index < -0.39 is 0 Å². The third-order valence-electron chi connectivity index (χ3n) is 1.97. The first-order valence-corrected chi connectivity index (χ1v) is 5.04. The maximum atomic E-state index is 8.74. The van der Waals surface area contributed by atoms with Crippen LogP contribution in [0.25, 0.3) is 0 Å². The highest BCUT2D eigenvalue weighted by Gasteiger charge is 2.09. The Morgan fingerprint density at radius 1 is 1.57 bits per heavy atom. The molecule has 74 valence electrons. The van der Waals surface area contributed by atoms with Crippen LogP contribution in [0.5, 0.6) is 0 Å². The van der Waals surface area contributed by atoms with E-state index in [4.69, 9.17) is 16.1 Å². The standard InChI is InChI=1S/C10H11BrN2O/c11-9-5-7(6-12)1-2-8(9)10(13)3-4-14/h1-2,5,10,14H,3-4,13H2/t10-/m0/s1.